The fourth-order valence-corrected chi connectivity index (χ4v) is 2.02. The fraction of sp³-hybridized carbons (Fsp3) is 0.455. The summed E-state index contributed by atoms with van der Waals surface area (Å²) in [6, 6.07) is 4.04. The highest BCUT2D eigenvalue weighted by Crippen LogP contribution is 2.31. The van der Waals surface area contributed by atoms with Gasteiger partial charge in [0.25, 0.3) is 0 Å². The average Bonchev–Trinajstić information content (AvgIpc) is 2.24. The molecule has 4 heteroatoms. The van der Waals surface area contributed by atoms with Gasteiger partial charge in [0.2, 0.25) is 0 Å². The van der Waals surface area contributed by atoms with E-state index in [9.17, 15) is 0 Å². The first-order chi connectivity index (χ1) is 7.13. The molecule has 0 fully saturated rings. The summed E-state index contributed by atoms with van der Waals surface area (Å²) in [7, 11) is 3.56. The van der Waals surface area contributed by atoms with Crippen LogP contribution in [-0.2, 0) is 0 Å². The van der Waals surface area contributed by atoms with E-state index in [4.69, 9.17) is 16.3 Å². The molecular weight excluding hydrogens is 230 g/mol. The number of rotatable bonds is 4. The molecule has 1 atom stereocenters. The number of thiol groups is 1. The minimum absolute atomic E-state index is 0.154. The molecule has 15 heavy (non-hydrogen) atoms. The largest absolute Gasteiger partial charge is 0.496 e. The van der Waals surface area contributed by atoms with Crippen molar-refractivity contribution in [3.05, 3.63) is 28.3 Å². The predicted molar refractivity (Wildman–Crippen MR) is 68.4 cm³/mol. The van der Waals surface area contributed by atoms with Crippen molar-refractivity contribution in [2.75, 3.05) is 19.9 Å². The van der Waals surface area contributed by atoms with Gasteiger partial charge < -0.3 is 10.1 Å². The SMILES string of the molecule is CNC(CS)c1cc(Cl)c(C)cc1OC. The third-order valence-corrected chi connectivity index (χ3v) is 3.19. The number of aryl methyl sites for hydroxylation is 1. The number of halogens is 1. The van der Waals surface area contributed by atoms with Crippen LogP contribution in [-0.4, -0.2) is 19.9 Å². The zero-order valence-electron chi connectivity index (χ0n) is 9.17. The summed E-state index contributed by atoms with van der Waals surface area (Å²) in [5.74, 6) is 1.55. The molecule has 0 radical (unpaired) electrons. The van der Waals surface area contributed by atoms with Crippen molar-refractivity contribution < 1.29 is 4.74 Å². The van der Waals surface area contributed by atoms with E-state index in [-0.39, 0.29) is 6.04 Å². The first kappa shape index (κ1) is 12.7. The smallest absolute Gasteiger partial charge is 0.124 e. The van der Waals surface area contributed by atoms with E-state index in [1.807, 2.05) is 26.1 Å². The van der Waals surface area contributed by atoms with Gasteiger partial charge in [-0.3, -0.25) is 0 Å². The van der Waals surface area contributed by atoms with E-state index in [2.05, 4.69) is 17.9 Å². The second-order valence-corrected chi connectivity index (χ2v) is 4.14. The average molecular weight is 246 g/mol. The van der Waals surface area contributed by atoms with Crippen LogP contribution in [0.2, 0.25) is 5.02 Å². The van der Waals surface area contributed by atoms with Gasteiger partial charge in [-0.1, -0.05) is 11.6 Å². The highest BCUT2D eigenvalue weighted by molar-refractivity contribution is 7.80. The Labute approximate surface area is 101 Å². The van der Waals surface area contributed by atoms with Gasteiger partial charge in [-0.05, 0) is 31.7 Å². The molecule has 0 amide bonds. The van der Waals surface area contributed by atoms with Crippen molar-refractivity contribution >= 4 is 24.2 Å². The first-order valence-electron chi connectivity index (χ1n) is 4.76. The topological polar surface area (TPSA) is 21.3 Å². The van der Waals surface area contributed by atoms with Crippen molar-refractivity contribution in [3.63, 3.8) is 0 Å². The van der Waals surface area contributed by atoms with Gasteiger partial charge in [-0.25, -0.2) is 0 Å². The maximum atomic E-state index is 6.09. The van der Waals surface area contributed by atoms with E-state index in [1.165, 1.54) is 0 Å². The van der Waals surface area contributed by atoms with Gasteiger partial charge in [0.05, 0.1) is 7.11 Å². The van der Waals surface area contributed by atoms with Gasteiger partial charge in [0.1, 0.15) is 5.75 Å². The Kier molecular flexibility index (Phi) is 4.77. The minimum Gasteiger partial charge on any atom is -0.496 e. The third kappa shape index (κ3) is 2.80. The van der Waals surface area contributed by atoms with Crippen LogP contribution in [0.3, 0.4) is 0 Å². The minimum atomic E-state index is 0.154. The lowest BCUT2D eigenvalue weighted by Gasteiger charge is -2.18. The Bertz CT molecular complexity index is 340. The van der Waals surface area contributed by atoms with Gasteiger partial charge in [0, 0.05) is 22.4 Å². The summed E-state index contributed by atoms with van der Waals surface area (Å²) in [5, 5.41) is 3.93. The van der Waals surface area contributed by atoms with E-state index in [0.29, 0.717) is 5.75 Å². The second kappa shape index (κ2) is 5.64. The van der Waals surface area contributed by atoms with Gasteiger partial charge in [0.15, 0.2) is 0 Å². The molecule has 0 bridgehead atoms. The highest BCUT2D eigenvalue weighted by atomic mass is 35.5. The molecule has 0 aliphatic heterocycles. The lowest BCUT2D eigenvalue weighted by molar-refractivity contribution is 0.404. The molecule has 0 aliphatic rings. The molecule has 0 heterocycles. The van der Waals surface area contributed by atoms with Crippen LogP contribution in [0, 0.1) is 6.92 Å². The number of hydrogen-bond donors (Lipinski definition) is 2. The van der Waals surface area contributed by atoms with Crippen LogP contribution < -0.4 is 10.1 Å². The van der Waals surface area contributed by atoms with Crippen LogP contribution in [0.25, 0.3) is 0 Å². The van der Waals surface area contributed by atoms with E-state index >= 15 is 0 Å². The molecule has 0 aromatic heterocycles. The van der Waals surface area contributed by atoms with Gasteiger partial charge >= 0.3 is 0 Å². The Balaban J connectivity index is 3.20. The van der Waals surface area contributed by atoms with Crippen molar-refractivity contribution in [3.8, 4) is 5.75 Å². The molecular formula is C11H16ClNOS. The number of ether oxygens (including phenoxy) is 1. The summed E-state index contributed by atoms with van der Waals surface area (Å²) < 4.78 is 5.33. The zero-order chi connectivity index (χ0) is 11.4. The molecule has 84 valence electrons. The molecule has 1 rings (SSSR count). The van der Waals surface area contributed by atoms with Crippen LogP contribution in [0.1, 0.15) is 17.2 Å². The highest BCUT2D eigenvalue weighted by Gasteiger charge is 2.14. The van der Waals surface area contributed by atoms with Crippen LogP contribution in [0.15, 0.2) is 12.1 Å². The predicted octanol–water partition coefficient (Wildman–Crippen LogP) is 2.85. The van der Waals surface area contributed by atoms with Crippen molar-refractivity contribution in [1.82, 2.24) is 5.32 Å². The normalized spacial score (nSPS) is 12.6. The molecule has 0 saturated heterocycles. The third-order valence-electron chi connectivity index (χ3n) is 2.42. The zero-order valence-corrected chi connectivity index (χ0v) is 10.8. The van der Waals surface area contributed by atoms with Crippen LogP contribution in [0.5, 0.6) is 5.75 Å². The van der Waals surface area contributed by atoms with E-state index < -0.39 is 0 Å². The van der Waals surface area contributed by atoms with E-state index in [0.717, 1.165) is 21.9 Å². The van der Waals surface area contributed by atoms with Crippen LogP contribution >= 0.6 is 24.2 Å². The molecule has 1 unspecified atom stereocenters. The molecule has 1 aromatic carbocycles. The Hall–Kier alpha value is -0.380. The molecule has 1 aromatic rings. The molecule has 0 spiro atoms. The number of benzene rings is 1. The van der Waals surface area contributed by atoms with Gasteiger partial charge in [-0.2, -0.15) is 12.6 Å². The Morgan fingerprint density at radius 3 is 2.67 bits per heavy atom. The fourth-order valence-electron chi connectivity index (χ4n) is 1.46. The maximum absolute atomic E-state index is 6.09. The lowest BCUT2D eigenvalue weighted by Crippen LogP contribution is -2.18. The second-order valence-electron chi connectivity index (χ2n) is 3.37. The van der Waals surface area contributed by atoms with Crippen molar-refractivity contribution in [2.24, 2.45) is 0 Å². The van der Waals surface area contributed by atoms with Gasteiger partial charge in [-0.15, -0.1) is 0 Å². The lowest BCUT2D eigenvalue weighted by atomic mass is 10.0. The monoisotopic (exact) mass is 245 g/mol. The molecule has 0 aliphatic carbocycles. The number of nitrogens with one attached hydrogen (secondary N) is 1. The molecule has 1 N–H and O–H groups in total. The molecule has 2 nitrogen and oxygen atoms in total. The Morgan fingerprint density at radius 1 is 1.53 bits per heavy atom. The quantitative estimate of drug-likeness (QED) is 0.796. The Morgan fingerprint density at radius 2 is 2.20 bits per heavy atom. The summed E-state index contributed by atoms with van der Waals surface area (Å²) >= 11 is 10.4. The van der Waals surface area contributed by atoms with Crippen molar-refractivity contribution in [2.45, 2.75) is 13.0 Å². The van der Waals surface area contributed by atoms with E-state index in [1.54, 1.807) is 7.11 Å². The standard InChI is InChI=1S/C11H16ClNOS/c1-7-4-11(14-3)8(5-9(7)12)10(6-15)13-2/h4-5,10,13,15H,6H2,1-3H3. The summed E-state index contributed by atoms with van der Waals surface area (Å²) in [5.41, 5.74) is 2.07. The first-order valence-corrected chi connectivity index (χ1v) is 5.77. The summed E-state index contributed by atoms with van der Waals surface area (Å²) in [6.07, 6.45) is 0. The summed E-state index contributed by atoms with van der Waals surface area (Å²) in [4.78, 5) is 0. The van der Waals surface area contributed by atoms with Crippen molar-refractivity contribution in [1.29, 1.82) is 0 Å². The number of methoxy groups -OCH3 is 1. The molecule has 0 saturated carbocycles. The summed E-state index contributed by atoms with van der Waals surface area (Å²) in [6.45, 7) is 1.96. The maximum Gasteiger partial charge on any atom is 0.124 e. The number of hydrogen-bond acceptors (Lipinski definition) is 3. The van der Waals surface area contributed by atoms with Crippen LogP contribution in [0.4, 0.5) is 0 Å².